The number of nitrogens with one attached hydrogen (secondary N) is 2. The van der Waals surface area contributed by atoms with E-state index in [4.69, 9.17) is 19.6 Å². The van der Waals surface area contributed by atoms with Crippen LogP contribution in [-0.4, -0.2) is 48.0 Å². The Morgan fingerprint density at radius 1 is 0.925 bits per heavy atom. The van der Waals surface area contributed by atoms with E-state index in [9.17, 15) is 14.7 Å². The molecule has 0 saturated heterocycles. The highest BCUT2D eigenvalue weighted by molar-refractivity contribution is 7.98. The van der Waals surface area contributed by atoms with Gasteiger partial charge < -0.3 is 14.6 Å². The van der Waals surface area contributed by atoms with Gasteiger partial charge in [0.05, 0.1) is 6.61 Å². The maximum absolute atomic E-state index is 14.6. The zero-order valence-corrected chi connectivity index (χ0v) is 29.7. The van der Waals surface area contributed by atoms with E-state index in [1.165, 1.54) is 12.1 Å². The van der Waals surface area contributed by atoms with Gasteiger partial charge in [-0.3, -0.25) is 10.2 Å². The van der Waals surface area contributed by atoms with Gasteiger partial charge in [-0.1, -0.05) is 96.1 Å². The Bertz CT molecular complexity index is 2040. The average Bonchev–Trinajstić information content (AvgIpc) is 3.59. The summed E-state index contributed by atoms with van der Waals surface area (Å²) in [4.78, 5) is 22.7. The number of halogens is 1. The number of thioether (sulfide) groups is 1. The number of rotatable bonds is 17. The number of carbonyl (C=O) groups excluding carboxylic acids is 1. The van der Waals surface area contributed by atoms with Crippen molar-refractivity contribution >= 4 is 29.3 Å². The lowest BCUT2D eigenvalue weighted by molar-refractivity contribution is -0.130. The smallest absolute Gasteiger partial charge is 0.266 e. The van der Waals surface area contributed by atoms with Gasteiger partial charge in [0.1, 0.15) is 11.6 Å². The Morgan fingerprint density at radius 2 is 1.62 bits per heavy atom. The molecule has 0 bridgehead atoms. The van der Waals surface area contributed by atoms with Crippen molar-refractivity contribution in [2.45, 2.75) is 30.2 Å². The summed E-state index contributed by atoms with van der Waals surface area (Å²) in [5, 5.41) is 13.0. The van der Waals surface area contributed by atoms with E-state index in [2.05, 4.69) is 20.9 Å². The number of carbonyl (C=O) groups is 1. The molecule has 1 aliphatic heterocycles. The number of ether oxygens (including phenoxy) is 2. The van der Waals surface area contributed by atoms with Crippen LogP contribution in [0.1, 0.15) is 34.8 Å². The molecule has 2 atom stereocenters. The second-order valence-electron chi connectivity index (χ2n) is 12.3. The van der Waals surface area contributed by atoms with Crippen LogP contribution in [0.25, 0.3) is 21.6 Å². The first-order valence-electron chi connectivity index (χ1n) is 17.2. The number of aliphatic hydroxyl groups excluding tert-OH is 1. The summed E-state index contributed by atoms with van der Waals surface area (Å²) >= 11 is 1.65. The van der Waals surface area contributed by atoms with Crippen LogP contribution in [0, 0.1) is 5.82 Å². The van der Waals surface area contributed by atoms with Crippen molar-refractivity contribution in [3.63, 3.8) is 0 Å². The molecule has 5 aromatic rings. The van der Waals surface area contributed by atoms with E-state index in [0.29, 0.717) is 53.6 Å². The fourth-order valence-electron chi connectivity index (χ4n) is 6.00. The Labute approximate surface area is 311 Å². The highest BCUT2D eigenvalue weighted by atomic mass is 32.2. The van der Waals surface area contributed by atoms with Gasteiger partial charge in [0, 0.05) is 53.7 Å². The minimum Gasteiger partial charge on any atom is -0.494 e. The predicted octanol–water partition coefficient (Wildman–Crippen LogP) is 8.25. The minimum absolute atomic E-state index is 0.0348. The van der Waals surface area contributed by atoms with E-state index in [1.807, 2.05) is 78.9 Å². The first kappa shape index (κ1) is 37.1. The zero-order chi connectivity index (χ0) is 36.9. The topological polar surface area (TPSA) is 141 Å². The predicted molar refractivity (Wildman–Crippen MR) is 206 cm³/mol. The van der Waals surface area contributed by atoms with Gasteiger partial charge in [0.15, 0.2) is 11.6 Å². The van der Waals surface area contributed by atoms with Gasteiger partial charge in [-0.05, 0) is 69.7 Å². The van der Waals surface area contributed by atoms with Crippen LogP contribution >= 0.6 is 11.8 Å². The summed E-state index contributed by atoms with van der Waals surface area (Å²) in [6.07, 6.45) is -0.291. The lowest BCUT2D eigenvalue weighted by Gasteiger charge is -2.31. The van der Waals surface area contributed by atoms with Crippen LogP contribution in [0.5, 0.6) is 5.75 Å². The van der Waals surface area contributed by atoms with Crippen LogP contribution in [0.15, 0.2) is 138 Å². The number of hydrazine groups is 1. The van der Waals surface area contributed by atoms with Gasteiger partial charge >= 0.3 is 0 Å². The molecule has 0 fully saturated rings. The third-order valence-corrected chi connectivity index (χ3v) is 9.74. The highest BCUT2D eigenvalue weighted by Crippen LogP contribution is 2.44. The molecule has 6 rings (SSSR count). The second-order valence-corrected chi connectivity index (χ2v) is 13.4. The summed E-state index contributed by atoms with van der Waals surface area (Å²) in [5.41, 5.74) is 19.3. The van der Waals surface area contributed by atoms with Crippen molar-refractivity contribution in [3.8, 4) is 16.9 Å². The number of hydrogen-bond donors (Lipinski definition) is 3. The Kier molecular flexibility index (Phi) is 12.8. The maximum atomic E-state index is 14.6. The monoisotopic (exact) mass is 730 g/mol. The molecule has 12 heteroatoms. The fourth-order valence-corrected chi connectivity index (χ4v) is 6.82. The summed E-state index contributed by atoms with van der Waals surface area (Å²) in [6, 6.07) is 38.7. The number of azide groups is 1. The van der Waals surface area contributed by atoms with Crippen molar-refractivity contribution in [3.05, 3.63) is 166 Å². The number of benzene rings is 5. The van der Waals surface area contributed by atoms with Gasteiger partial charge in [-0.2, -0.15) is 11.8 Å². The molecule has 0 saturated carbocycles. The Hall–Kier alpha value is -5.65. The summed E-state index contributed by atoms with van der Waals surface area (Å²) in [5.74, 6) is 1.58. The first-order valence-corrected chi connectivity index (χ1v) is 18.4. The molecule has 1 amide bonds. The highest BCUT2D eigenvalue weighted by Gasteiger charge is 2.53. The summed E-state index contributed by atoms with van der Waals surface area (Å²) in [7, 11) is 0. The zero-order valence-electron chi connectivity index (χ0n) is 28.9. The fraction of sp³-hybridized carbons (Fsp3) is 0.220. The third-order valence-electron chi connectivity index (χ3n) is 8.71. The molecule has 0 unspecified atom stereocenters. The molecule has 1 aliphatic rings. The molecule has 0 spiro atoms. The molecule has 0 aliphatic carbocycles. The molecule has 5 aromatic carbocycles. The number of nitrogens with zero attached hydrogens (tertiary/aromatic N) is 4. The van der Waals surface area contributed by atoms with Gasteiger partial charge in [-0.25, -0.2) is 14.8 Å². The van der Waals surface area contributed by atoms with E-state index >= 15 is 0 Å². The molecule has 3 N–H and O–H groups in total. The van der Waals surface area contributed by atoms with Crippen molar-refractivity contribution in [2.24, 2.45) is 10.1 Å². The molecule has 1 heterocycles. The first-order chi connectivity index (χ1) is 26.0. The normalized spacial score (nSPS) is 16.3. The molecule has 270 valence electrons. The second kappa shape index (κ2) is 18.2. The van der Waals surface area contributed by atoms with Crippen LogP contribution in [0.3, 0.4) is 0 Å². The Morgan fingerprint density at radius 3 is 2.36 bits per heavy atom. The third kappa shape index (κ3) is 9.43. The quantitative estimate of drug-likeness (QED) is 0.0289. The standard InChI is InChI=1S/C41H39FN6O4S/c42-35-19-11-29(12-20-35)28-53-26-23-44-47-40(50)41(27-34-9-4-5-10-37(34)46-48-43)38(32-15-13-31(14-16-32)30-7-2-1-3-8-30)52-39(45-41)33-17-21-36(22-18-33)51-25-6-24-49/h1-5,7-22,38,44,49H,6,23-28H2,(H,47,50)/t38-,41-/m0/s1. The summed E-state index contributed by atoms with van der Waals surface area (Å²) in [6.45, 7) is 0.863. The molecule has 0 radical (unpaired) electrons. The van der Waals surface area contributed by atoms with Crippen molar-refractivity contribution in [1.29, 1.82) is 0 Å². The van der Waals surface area contributed by atoms with Crippen molar-refractivity contribution in [2.75, 3.05) is 25.5 Å². The molecular weight excluding hydrogens is 692 g/mol. The minimum atomic E-state index is -1.53. The van der Waals surface area contributed by atoms with Gasteiger partial charge in [-0.15, -0.1) is 0 Å². The number of amides is 1. The number of aliphatic hydroxyl groups is 1. The average molecular weight is 731 g/mol. The lowest BCUT2D eigenvalue weighted by Crippen LogP contribution is -2.54. The van der Waals surface area contributed by atoms with Crippen molar-refractivity contribution in [1.82, 2.24) is 10.9 Å². The van der Waals surface area contributed by atoms with Crippen molar-refractivity contribution < 1.29 is 23.8 Å². The van der Waals surface area contributed by atoms with Gasteiger partial charge in [0.2, 0.25) is 5.90 Å². The number of hydrogen-bond acceptors (Lipinski definition) is 8. The molecule has 10 nitrogen and oxygen atoms in total. The van der Waals surface area contributed by atoms with E-state index in [0.717, 1.165) is 22.3 Å². The van der Waals surface area contributed by atoms with Crippen LogP contribution in [0.2, 0.25) is 0 Å². The van der Waals surface area contributed by atoms with Crippen LogP contribution < -0.4 is 15.6 Å². The van der Waals surface area contributed by atoms with E-state index in [-0.39, 0.29) is 24.7 Å². The SMILES string of the molecule is [N-]=[N+]=Nc1ccccc1C[C@]1(C(=O)NNCCSCc2ccc(F)cc2)N=C(c2ccc(OCCCO)cc2)O[C@H]1c1ccc(-c2ccccc2)cc1. The largest absolute Gasteiger partial charge is 0.494 e. The molecule has 53 heavy (non-hydrogen) atoms. The van der Waals surface area contributed by atoms with Crippen LogP contribution in [0.4, 0.5) is 10.1 Å². The maximum Gasteiger partial charge on any atom is 0.266 e. The van der Waals surface area contributed by atoms with Gasteiger partial charge in [0.25, 0.3) is 5.91 Å². The lowest BCUT2D eigenvalue weighted by atomic mass is 9.81. The van der Waals surface area contributed by atoms with E-state index < -0.39 is 17.6 Å². The molecule has 0 aromatic heterocycles. The molecular formula is C41H39FN6O4S. The van der Waals surface area contributed by atoms with Crippen LogP contribution in [-0.2, 0) is 21.7 Å². The summed E-state index contributed by atoms with van der Waals surface area (Å²) < 4.78 is 25.7. The van der Waals surface area contributed by atoms with E-state index in [1.54, 1.807) is 48.2 Å². The number of aliphatic imine (C=N–C) groups is 1. The Balaban J connectivity index is 1.32.